The number of β-lactam (4-membered cyclic amide) rings is 1. The molecular formula is C22H33N3O7S. The molecule has 2 saturated heterocycles. The van der Waals surface area contributed by atoms with Crippen LogP contribution in [-0.2, 0) is 14.4 Å². The molecular weight excluding hydrogens is 450 g/mol. The van der Waals surface area contributed by atoms with E-state index in [1.54, 1.807) is 38.1 Å². The number of benzene rings is 1. The van der Waals surface area contributed by atoms with Crippen molar-refractivity contribution in [2.75, 3.05) is 26.4 Å². The minimum Gasteiger partial charge on any atom is -0.548 e. The molecule has 0 unspecified atom stereocenters. The molecule has 2 heterocycles. The van der Waals surface area contributed by atoms with E-state index in [0.29, 0.717) is 12.1 Å². The molecule has 0 aromatic heterocycles. The minimum absolute atomic E-state index is 0.0267. The van der Waals surface area contributed by atoms with Gasteiger partial charge in [-0.1, -0.05) is 30.3 Å². The van der Waals surface area contributed by atoms with Crippen molar-refractivity contribution in [2.45, 2.75) is 42.5 Å². The standard InChI is InChI=1S/C17H20N2O4S.C5H13NO3/c1-17(2)13(16(22)23)19-14(21)10(15(19)24-17)8-11(20)12(18)9-6-4-3-5-7-9;6-1-5(2-7,3-8)4-9/h3-7,10,12-13,15H,8,18H2,1-2H3,(H,22,23);7-9H,1-4,6H2/t10-,12+,13+,15-;/m1./s1. The number of carboxylic acids is 1. The number of ketones is 1. The fraction of sp³-hybridized carbons (Fsp3) is 0.591. The Balaban J connectivity index is 0.000000365. The first kappa shape index (κ1) is 27.2. The Morgan fingerprint density at radius 3 is 2.18 bits per heavy atom. The summed E-state index contributed by atoms with van der Waals surface area (Å²) in [5.41, 5.74) is 9.41. The lowest BCUT2D eigenvalue weighted by Gasteiger charge is -2.45. The van der Waals surface area contributed by atoms with Crippen molar-refractivity contribution >= 4 is 29.4 Å². The first-order chi connectivity index (χ1) is 15.5. The number of thioether (sulfide) groups is 1. The summed E-state index contributed by atoms with van der Waals surface area (Å²) in [6.07, 6.45) is 0.0267. The average molecular weight is 484 g/mol. The van der Waals surface area contributed by atoms with Crippen molar-refractivity contribution < 1.29 is 40.5 Å². The monoisotopic (exact) mass is 483 g/mol. The third kappa shape index (κ3) is 5.56. The number of quaternary nitrogens is 1. The van der Waals surface area contributed by atoms with Gasteiger partial charge in [-0.05, 0) is 19.4 Å². The largest absolute Gasteiger partial charge is 0.548 e. The van der Waals surface area contributed by atoms with Crippen molar-refractivity contribution in [1.82, 2.24) is 4.90 Å². The van der Waals surface area contributed by atoms with Crippen molar-refractivity contribution in [2.24, 2.45) is 17.1 Å². The predicted octanol–water partition coefficient (Wildman–Crippen LogP) is -2.73. The van der Waals surface area contributed by atoms with Crippen LogP contribution in [0.5, 0.6) is 0 Å². The Hall–Kier alpha value is -2.02. The molecule has 2 aliphatic rings. The maximum Gasteiger partial charge on any atom is 0.230 e. The van der Waals surface area contributed by atoms with Gasteiger partial charge < -0.3 is 41.6 Å². The zero-order valence-electron chi connectivity index (χ0n) is 18.8. The number of nitrogens with two attached hydrogens (primary N) is 1. The van der Waals surface area contributed by atoms with E-state index in [0.717, 1.165) is 0 Å². The maximum absolute atomic E-state index is 12.4. The number of Topliss-reactive ketones (excluding diaryl/α,β-unsaturated/α-hetero) is 1. The lowest BCUT2D eigenvalue weighted by Crippen LogP contribution is -2.65. The van der Waals surface area contributed by atoms with Crippen LogP contribution in [0, 0.1) is 11.3 Å². The molecule has 10 nitrogen and oxygen atoms in total. The van der Waals surface area contributed by atoms with Crippen LogP contribution in [0.2, 0.25) is 0 Å². The fourth-order valence-electron chi connectivity index (χ4n) is 3.84. The van der Waals surface area contributed by atoms with Crippen molar-refractivity contribution in [3.63, 3.8) is 0 Å². The highest BCUT2D eigenvalue weighted by atomic mass is 32.2. The highest BCUT2D eigenvalue weighted by molar-refractivity contribution is 8.01. The van der Waals surface area contributed by atoms with Gasteiger partial charge in [-0.3, -0.25) is 9.59 Å². The van der Waals surface area contributed by atoms with E-state index in [2.05, 4.69) is 5.73 Å². The summed E-state index contributed by atoms with van der Waals surface area (Å²) in [4.78, 5) is 37.5. The SMILES string of the molecule is CC1(C)S[C@@H]2[C@H](CC(=O)[C@@H](N)c3ccccc3)C(=O)N2[C@H]1C(=O)[O-].[NH3+]CC(CO)(CO)CO. The zero-order chi connectivity index (χ0) is 25.0. The predicted molar refractivity (Wildman–Crippen MR) is 119 cm³/mol. The first-order valence-electron chi connectivity index (χ1n) is 10.6. The third-order valence-corrected chi connectivity index (χ3v) is 7.87. The van der Waals surface area contributed by atoms with Gasteiger partial charge in [-0.2, -0.15) is 0 Å². The Kier molecular flexibility index (Phi) is 9.02. The van der Waals surface area contributed by atoms with Gasteiger partial charge in [0.15, 0.2) is 5.78 Å². The second-order valence-corrected chi connectivity index (χ2v) is 10.7. The molecule has 4 atom stereocenters. The molecule has 0 spiro atoms. The van der Waals surface area contributed by atoms with E-state index >= 15 is 0 Å². The van der Waals surface area contributed by atoms with Gasteiger partial charge in [0.1, 0.15) is 0 Å². The molecule has 2 fully saturated rings. The van der Waals surface area contributed by atoms with E-state index in [4.69, 9.17) is 21.1 Å². The number of amides is 1. The lowest BCUT2D eigenvalue weighted by atomic mass is 9.86. The fourth-order valence-corrected chi connectivity index (χ4v) is 5.51. The molecule has 8 N–H and O–H groups in total. The minimum atomic E-state index is -1.26. The van der Waals surface area contributed by atoms with Gasteiger partial charge in [-0.15, -0.1) is 11.8 Å². The molecule has 0 aliphatic carbocycles. The Labute approximate surface area is 196 Å². The summed E-state index contributed by atoms with van der Waals surface area (Å²) < 4.78 is -0.640. The van der Waals surface area contributed by atoms with Gasteiger partial charge in [0.25, 0.3) is 0 Å². The molecule has 0 bridgehead atoms. The number of carboxylic acid groups (broad SMARTS) is 1. The van der Waals surface area contributed by atoms with E-state index in [1.807, 2.05) is 6.07 Å². The number of aliphatic hydroxyl groups excluding tert-OH is 3. The molecule has 0 saturated carbocycles. The highest BCUT2D eigenvalue weighted by Crippen LogP contribution is 2.54. The number of hydrogen-bond donors (Lipinski definition) is 5. The van der Waals surface area contributed by atoms with Crippen LogP contribution in [0.25, 0.3) is 0 Å². The summed E-state index contributed by atoms with van der Waals surface area (Å²) >= 11 is 1.41. The van der Waals surface area contributed by atoms with E-state index in [1.165, 1.54) is 16.7 Å². The van der Waals surface area contributed by atoms with Crippen LogP contribution >= 0.6 is 11.8 Å². The third-order valence-electron chi connectivity index (χ3n) is 6.24. The van der Waals surface area contributed by atoms with Gasteiger partial charge >= 0.3 is 0 Å². The van der Waals surface area contributed by atoms with Crippen molar-refractivity contribution in [1.29, 1.82) is 0 Å². The van der Waals surface area contributed by atoms with Gasteiger partial charge in [0, 0.05) is 11.2 Å². The molecule has 3 rings (SSSR count). The van der Waals surface area contributed by atoms with Crippen LogP contribution < -0.4 is 16.6 Å². The Morgan fingerprint density at radius 2 is 1.76 bits per heavy atom. The molecule has 2 aliphatic heterocycles. The van der Waals surface area contributed by atoms with Crippen LogP contribution in [0.15, 0.2) is 30.3 Å². The number of carbonyl (C=O) groups is 3. The summed E-state index contributed by atoms with van der Waals surface area (Å²) in [6, 6.07) is 7.26. The second kappa shape index (κ2) is 10.9. The zero-order valence-corrected chi connectivity index (χ0v) is 19.7. The quantitative estimate of drug-likeness (QED) is 0.232. The van der Waals surface area contributed by atoms with Crippen LogP contribution in [0.4, 0.5) is 0 Å². The molecule has 1 aromatic carbocycles. The lowest BCUT2D eigenvalue weighted by molar-refractivity contribution is -0.399. The second-order valence-electron chi connectivity index (χ2n) is 8.97. The van der Waals surface area contributed by atoms with Crippen LogP contribution in [0.1, 0.15) is 31.9 Å². The molecule has 33 heavy (non-hydrogen) atoms. The summed E-state index contributed by atoms with van der Waals surface area (Å²) in [5, 5.41) is 36.9. The van der Waals surface area contributed by atoms with Crippen molar-refractivity contribution in [3.05, 3.63) is 35.9 Å². The van der Waals surface area contributed by atoms with E-state index in [9.17, 15) is 19.5 Å². The number of aliphatic carboxylic acids is 1. The van der Waals surface area contributed by atoms with Crippen LogP contribution in [0.3, 0.4) is 0 Å². The summed E-state index contributed by atoms with van der Waals surface area (Å²) in [5.74, 6) is -2.29. The number of hydrogen-bond acceptors (Lipinski definition) is 9. The van der Waals surface area contributed by atoms with Gasteiger partial charge in [0.2, 0.25) is 5.91 Å². The number of nitrogens with zero attached hydrogens (tertiary/aromatic N) is 1. The average Bonchev–Trinajstić information content (AvgIpc) is 3.07. The normalized spacial score (nSPS) is 24.3. The molecule has 184 valence electrons. The van der Waals surface area contributed by atoms with Crippen molar-refractivity contribution in [3.8, 4) is 0 Å². The molecule has 1 amide bonds. The topological polar surface area (TPSA) is 192 Å². The number of aliphatic hydroxyl groups is 3. The number of rotatable bonds is 9. The number of fused-ring (bicyclic) bond motifs is 1. The van der Waals surface area contributed by atoms with Gasteiger partial charge in [0.05, 0.1) is 61.1 Å². The first-order valence-corrected chi connectivity index (χ1v) is 11.5. The molecule has 11 heteroatoms. The Bertz CT molecular complexity index is 830. The summed E-state index contributed by atoms with van der Waals surface area (Å²) in [7, 11) is 0. The smallest absolute Gasteiger partial charge is 0.230 e. The molecule has 1 aromatic rings. The summed E-state index contributed by atoms with van der Waals surface area (Å²) in [6.45, 7) is 3.24. The number of carbonyl (C=O) groups excluding carboxylic acids is 3. The maximum atomic E-state index is 12.4. The highest BCUT2D eigenvalue weighted by Gasteiger charge is 2.61. The van der Waals surface area contributed by atoms with Gasteiger partial charge in [-0.25, -0.2) is 0 Å². The Morgan fingerprint density at radius 1 is 1.21 bits per heavy atom. The van der Waals surface area contributed by atoms with Crippen LogP contribution in [-0.4, -0.2) is 80.4 Å². The van der Waals surface area contributed by atoms with E-state index < -0.39 is 34.1 Å². The molecule has 0 radical (unpaired) electrons. The van der Waals surface area contributed by atoms with E-state index in [-0.39, 0.29) is 43.3 Å².